The van der Waals surface area contributed by atoms with Gasteiger partial charge in [-0.15, -0.1) is 0 Å². The Morgan fingerprint density at radius 2 is 1.65 bits per heavy atom. The van der Waals surface area contributed by atoms with Crippen LogP contribution in [0, 0.1) is 0 Å². The Hall–Kier alpha value is -2.04. The molecule has 2 aromatic carbocycles. The number of para-hydroxylation sites is 1. The number of amides is 2. The zero-order chi connectivity index (χ0) is 16.7. The molecule has 0 heterocycles. The quantitative estimate of drug-likeness (QED) is 0.769. The van der Waals surface area contributed by atoms with Crippen molar-refractivity contribution in [2.75, 3.05) is 11.9 Å². The van der Waals surface area contributed by atoms with Crippen molar-refractivity contribution in [1.82, 2.24) is 5.32 Å². The predicted molar refractivity (Wildman–Crippen MR) is 93.1 cm³/mol. The molecule has 120 valence electrons. The molecule has 0 saturated carbocycles. The lowest BCUT2D eigenvalue weighted by molar-refractivity contribution is -0.116. The van der Waals surface area contributed by atoms with Gasteiger partial charge in [0.25, 0.3) is 5.91 Å². The highest BCUT2D eigenvalue weighted by molar-refractivity contribution is 6.33. The smallest absolute Gasteiger partial charge is 0.251 e. The molecule has 0 atom stereocenters. The first kappa shape index (κ1) is 17.3. The summed E-state index contributed by atoms with van der Waals surface area (Å²) in [4.78, 5) is 23.7. The topological polar surface area (TPSA) is 58.2 Å². The molecule has 2 N–H and O–H groups in total. The van der Waals surface area contributed by atoms with E-state index in [1.165, 1.54) is 0 Å². The number of carbonyl (C=O) groups excluding carboxylic acids is 2. The third kappa shape index (κ3) is 5.58. The van der Waals surface area contributed by atoms with Gasteiger partial charge in [0.05, 0.1) is 10.7 Å². The van der Waals surface area contributed by atoms with Crippen molar-refractivity contribution in [2.45, 2.75) is 12.8 Å². The molecule has 2 rings (SSSR count). The highest BCUT2D eigenvalue weighted by atomic mass is 35.5. The van der Waals surface area contributed by atoms with E-state index in [4.69, 9.17) is 23.2 Å². The Labute approximate surface area is 144 Å². The fraction of sp³-hybridized carbons (Fsp3) is 0.176. The molecule has 0 bridgehead atoms. The van der Waals surface area contributed by atoms with E-state index in [-0.39, 0.29) is 11.8 Å². The van der Waals surface area contributed by atoms with Crippen LogP contribution in [0.1, 0.15) is 23.2 Å². The molecule has 0 spiro atoms. The minimum Gasteiger partial charge on any atom is -0.352 e. The summed E-state index contributed by atoms with van der Waals surface area (Å²) in [6, 6.07) is 13.7. The Balaban J connectivity index is 1.71. The first-order valence-corrected chi connectivity index (χ1v) is 7.90. The summed E-state index contributed by atoms with van der Waals surface area (Å²) in [6.45, 7) is 0.414. The van der Waals surface area contributed by atoms with Crippen molar-refractivity contribution in [2.24, 2.45) is 0 Å². The SMILES string of the molecule is O=C(CCCNC(=O)c1ccc(Cl)cc1)Nc1ccccc1Cl. The fourth-order valence-electron chi connectivity index (χ4n) is 1.93. The van der Waals surface area contributed by atoms with Crippen LogP contribution >= 0.6 is 23.2 Å². The maximum Gasteiger partial charge on any atom is 0.251 e. The lowest BCUT2D eigenvalue weighted by Gasteiger charge is -2.08. The molecular weight excluding hydrogens is 335 g/mol. The lowest BCUT2D eigenvalue weighted by Crippen LogP contribution is -2.25. The second kappa shape index (κ2) is 8.56. The largest absolute Gasteiger partial charge is 0.352 e. The van der Waals surface area contributed by atoms with Gasteiger partial charge in [0.15, 0.2) is 0 Å². The summed E-state index contributed by atoms with van der Waals surface area (Å²) in [7, 11) is 0. The minimum absolute atomic E-state index is 0.140. The van der Waals surface area contributed by atoms with Gasteiger partial charge in [-0.2, -0.15) is 0 Å². The number of hydrogen-bond donors (Lipinski definition) is 2. The molecule has 0 aromatic heterocycles. The average molecular weight is 351 g/mol. The first-order valence-electron chi connectivity index (χ1n) is 7.14. The Bertz CT molecular complexity index is 687. The zero-order valence-electron chi connectivity index (χ0n) is 12.3. The van der Waals surface area contributed by atoms with Crippen LogP contribution in [-0.4, -0.2) is 18.4 Å². The van der Waals surface area contributed by atoms with Crippen LogP contribution in [0.3, 0.4) is 0 Å². The van der Waals surface area contributed by atoms with Crippen LogP contribution in [0.25, 0.3) is 0 Å². The van der Waals surface area contributed by atoms with E-state index in [1.54, 1.807) is 48.5 Å². The molecule has 0 radical (unpaired) electrons. The molecule has 6 heteroatoms. The van der Waals surface area contributed by atoms with Crippen molar-refractivity contribution in [3.63, 3.8) is 0 Å². The second-order valence-electron chi connectivity index (χ2n) is 4.89. The number of nitrogens with one attached hydrogen (secondary N) is 2. The number of carbonyl (C=O) groups is 2. The normalized spacial score (nSPS) is 10.2. The molecule has 0 fully saturated rings. The average Bonchev–Trinajstić information content (AvgIpc) is 2.54. The van der Waals surface area contributed by atoms with Gasteiger partial charge in [0.2, 0.25) is 5.91 Å². The van der Waals surface area contributed by atoms with Gasteiger partial charge in [0, 0.05) is 23.6 Å². The standard InChI is InChI=1S/C17H16Cl2N2O2/c18-13-9-7-12(8-10-13)17(23)20-11-3-6-16(22)21-15-5-2-1-4-14(15)19/h1-2,4-5,7-10H,3,6,11H2,(H,20,23)(H,21,22). The van der Waals surface area contributed by atoms with Crippen LogP contribution in [0.2, 0.25) is 10.0 Å². The molecule has 0 unspecified atom stereocenters. The van der Waals surface area contributed by atoms with E-state index in [9.17, 15) is 9.59 Å². The van der Waals surface area contributed by atoms with E-state index in [2.05, 4.69) is 10.6 Å². The first-order chi connectivity index (χ1) is 11.1. The van der Waals surface area contributed by atoms with Crippen molar-refractivity contribution in [3.05, 3.63) is 64.1 Å². The van der Waals surface area contributed by atoms with Gasteiger partial charge in [-0.1, -0.05) is 35.3 Å². The summed E-state index contributed by atoms with van der Waals surface area (Å²) in [5, 5.41) is 6.58. The molecule has 2 aromatic rings. The Morgan fingerprint density at radius 1 is 0.957 bits per heavy atom. The van der Waals surface area contributed by atoms with Gasteiger partial charge >= 0.3 is 0 Å². The highest BCUT2D eigenvalue weighted by Gasteiger charge is 2.07. The van der Waals surface area contributed by atoms with Crippen LogP contribution in [0.4, 0.5) is 5.69 Å². The van der Waals surface area contributed by atoms with E-state index in [0.29, 0.717) is 40.7 Å². The van der Waals surface area contributed by atoms with Crippen molar-refractivity contribution in [3.8, 4) is 0 Å². The molecule has 0 aliphatic carbocycles. The maximum atomic E-state index is 11.9. The van der Waals surface area contributed by atoms with Crippen LogP contribution < -0.4 is 10.6 Å². The van der Waals surface area contributed by atoms with E-state index in [0.717, 1.165) is 0 Å². The van der Waals surface area contributed by atoms with Crippen molar-refractivity contribution in [1.29, 1.82) is 0 Å². The van der Waals surface area contributed by atoms with Gasteiger partial charge in [0.1, 0.15) is 0 Å². The summed E-state index contributed by atoms with van der Waals surface area (Å²) in [6.07, 6.45) is 0.835. The summed E-state index contributed by atoms with van der Waals surface area (Å²) >= 11 is 11.7. The van der Waals surface area contributed by atoms with E-state index < -0.39 is 0 Å². The number of benzene rings is 2. The minimum atomic E-state index is -0.187. The van der Waals surface area contributed by atoms with Gasteiger partial charge in [-0.05, 0) is 42.8 Å². The lowest BCUT2D eigenvalue weighted by atomic mass is 10.2. The number of anilines is 1. The molecule has 2 amide bonds. The molecular formula is C17H16Cl2N2O2. The van der Waals surface area contributed by atoms with E-state index in [1.807, 2.05) is 0 Å². The third-order valence-corrected chi connectivity index (χ3v) is 3.70. The Morgan fingerprint density at radius 3 is 2.35 bits per heavy atom. The molecule has 23 heavy (non-hydrogen) atoms. The summed E-state index contributed by atoms with van der Waals surface area (Å²) < 4.78 is 0. The van der Waals surface area contributed by atoms with Crippen LogP contribution in [0.15, 0.2) is 48.5 Å². The Kier molecular flexibility index (Phi) is 6.44. The molecule has 4 nitrogen and oxygen atoms in total. The summed E-state index contributed by atoms with van der Waals surface area (Å²) in [5.74, 6) is -0.327. The van der Waals surface area contributed by atoms with E-state index >= 15 is 0 Å². The van der Waals surface area contributed by atoms with Crippen LogP contribution in [-0.2, 0) is 4.79 Å². The van der Waals surface area contributed by atoms with Gasteiger partial charge in [-0.3, -0.25) is 9.59 Å². The third-order valence-electron chi connectivity index (χ3n) is 3.12. The molecule has 0 aliphatic heterocycles. The second-order valence-corrected chi connectivity index (χ2v) is 5.74. The number of halogens is 2. The monoisotopic (exact) mass is 350 g/mol. The predicted octanol–water partition coefficient (Wildman–Crippen LogP) is 4.14. The number of hydrogen-bond acceptors (Lipinski definition) is 2. The van der Waals surface area contributed by atoms with Crippen molar-refractivity contribution < 1.29 is 9.59 Å². The maximum absolute atomic E-state index is 11.9. The molecule has 0 saturated heterocycles. The van der Waals surface area contributed by atoms with Crippen LogP contribution in [0.5, 0.6) is 0 Å². The van der Waals surface area contributed by atoms with Crippen molar-refractivity contribution >= 4 is 40.7 Å². The van der Waals surface area contributed by atoms with Gasteiger partial charge < -0.3 is 10.6 Å². The number of rotatable bonds is 6. The fourth-order valence-corrected chi connectivity index (χ4v) is 2.24. The van der Waals surface area contributed by atoms with Gasteiger partial charge in [-0.25, -0.2) is 0 Å². The highest BCUT2D eigenvalue weighted by Crippen LogP contribution is 2.20. The molecule has 0 aliphatic rings. The summed E-state index contributed by atoms with van der Waals surface area (Å²) in [5.41, 5.74) is 1.12. The zero-order valence-corrected chi connectivity index (χ0v) is 13.8.